The molecule has 1 rings (SSSR count). The van der Waals surface area contributed by atoms with Gasteiger partial charge in [-0.25, -0.2) is 0 Å². The second kappa shape index (κ2) is 4.77. The molecule has 1 atom stereocenters. The van der Waals surface area contributed by atoms with Crippen LogP contribution in [-0.2, 0) is 0 Å². The van der Waals surface area contributed by atoms with Crippen LogP contribution >= 0.6 is 0 Å². The van der Waals surface area contributed by atoms with Gasteiger partial charge in [-0.05, 0) is 23.8 Å². The standard InChI is InChI=1S/C11H8N4/c12-2-1-11(15)10-4-8(6-13)3-9(5-10)7-14/h3-5,11H,1,15H2. The van der Waals surface area contributed by atoms with Crippen molar-refractivity contribution in [2.75, 3.05) is 0 Å². The minimum Gasteiger partial charge on any atom is -0.323 e. The van der Waals surface area contributed by atoms with Gasteiger partial charge in [0.05, 0.1) is 35.8 Å². The molecule has 0 fully saturated rings. The van der Waals surface area contributed by atoms with Crippen molar-refractivity contribution in [2.24, 2.45) is 5.73 Å². The molecule has 0 saturated carbocycles. The van der Waals surface area contributed by atoms with Crippen molar-refractivity contribution in [3.05, 3.63) is 34.9 Å². The lowest BCUT2D eigenvalue weighted by molar-refractivity contribution is 0.748. The van der Waals surface area contributed by atoms with Gasteiger partial charge >= 0.3 is 0 Å². The van der Waals surface area contributed by atoms with E-state index in [1.165, 1.54) is 6.07 Å². The first-order valence-corrected chi connectivity index (χ1v) is 4.29. The van der Waals surface area contributed by atoms with Crippen LogP contribution in [-0.4, -0.2) is 0 Å². The third kappa shape index (κ3) is 2.54. The zero-order valence-corrected chi connectivity index (χ0v) is 7.94. The van der Waals surface area contributed by atoms with E-state index in [1.54, 1.807) is 12.1 Å². The summed E-state index contributed by atoms with van der Waals surface area (Å²) in [7, 11) is 0. The monoisotopic (exact) mass is 196 g/mol. The average molecular weight is 196 g/mol. The fourth-order valence-corrected chi connectivity index (χ4v) is 1.21. The van der Waals surface area contributed by atoms with Crippen molar-refractivity contribution >= 4 is 0 Å². The third-order valence-corrected chi connectivity index (χ3v) is 1.95. The Morgan fingerprint density at radius 1 is 1.07 bits per heavy atom. The van der Waals surface area contributed by atoms with Gasteiger partial charge in [0.1, 0.15) is 0 Å². The van der Waals surface area contributed by atoms with Gasteiger partial charge < -0.3 is 5.73 Å². The molecule has 0 saturated heterocycles. The Balaban J connectivity index is 3.16. The number of nitrogens with two attached hydrogens (primary N) is 1. The molecule has 0 radical (unpaired) electrons. The topological polar surface area (TPSA) is 97.4 Å². The summed E-state index contributed by atoms with van der Waals surface area (Å²) in [4.78, 5) is 0. The van der Waals surface area contributed by atoms with Crippen LogP contribution in [0.15, 0.2) is 18.2 Å². The van der Waals surface area contributed by atoms with Crippen LogP contribution in [0.1, 0.15) is 29.2 Å². The lowest BCUT2D eigenvalue weighted by Gasteiger charge is -2.08. The highest BCUT2D eigenvalue weighted by molar-refractivity contribution is 5.43. The molecule has 4 nitrogen and oxygen atoms in total. The Labute approximate surface area is 87.8 Å². The molecule has 0 bridgehead atoms. The van der Waals surface area contributed by atoms with E-state index in [9.17, 15) is 0 Å². The summed E-state index contributed by atoms with van der Waals surface area (Å²) < 4.78 is 0. The normalized spacial score (nSPS) is 10.8. The fourth-order valence-electron chi connectivity index (χ4n) is 1.21. The SMILES string of the molecule is N#CCC(N)c1cc(C#N)cc(C#N)c1. The summed E-state index contributed by atoms with van der Waals surface area (Å²) in [6.45, 7) is 0. The lowest BCUT2D eigenvalue weighted by atomic mass is 10.00. The number of rotatable bonds is 2. The summed E-state index contributed by atoms with van der Waals surface area (Å²) in [6, 6.07) is 10.1. The van der Waals surface area contributed by atoms with Gasteiger partial charge in [-0.15, -0.1) is 0 Å². The number of hydrogen-bond acceptors (Lipinski definition) is 4. The highest BCUT2D eigenvalue weighted by Crippen LogP contribution is 2.17. The van der Waals surface area contributed by atoms with Crippen molar-refractivity contribution in [1.29, 1.82) is 15.8 Å². The van der Waals surface area contributed by atoms with Crippen LogP contribution in [0, 0.1) is 34.0 Å². The van der Waals surface area contributed by atoms with Crippen LogP contribution in [0.5, 0.6) is 0 Å². The van der Waals surface area contributed by atoms with Gasteiger partial charge in [0, 0.05) is 6.04 Å². The maximum absolute atomic E-state index is 8.73. The Kier molecular flexibility index (Phi) is 3.41. The minimum absolute atomic E-state index is 0.166. The first-order valence-electron chi connectivity index (χ1n) is 4.29. The van der Waals surface area contributed by atoms with Crippen molar-refractivity contribution in [2.45, 2.75) is 12.5 Å². The number of benzene rings is 1. The number of nitrogens with zero attached hydrogens (tertiary/aromatic N) is 3. The smallest absolute Gasteiger partial charge is 0.0992 e. The van der Waals surface area contributed by atoms with Crippen LogP contribution in [0.4, 0.5) is 0 Å². The van der Waals surface area contributed by atoms with Crippen LogP contribution < -0.4 is 5.73 Å². The zero-order valence-electron chi connectivity index (χ0n) is 7.94. The molecule has 0 aromatic heterocycles. The Hall–Kier alpha value is -2.35. The van der Waals surface area contributed by atoms with E-state index >= 15 is 0 Å². The molecule has 0 aliphatic carbocycles. The molecule has 0 aliphatic heterocycles. The molecule has 72 valence electrons. The second-order valence-corrected chi connectivity index (χ2v) is 3.04. The van der Waals surface area contributed by atoms with E-state index in [-0.39, 0.29) is 6.42 Å². The minimum atomic E-state index is -0.449. The van der Waals surface area contributed by atoms with Crippen LogP contribution in [0.3, 0.4) is 0 Å². The fraction of sp³-hybridized carbons (Fsp3) is 0.182. The van der Waals surface area contributed by atoms with Crippen LogP contribution in [0.25, 0.3) is 0 Å². The largest absolute Gasteiger partial charge is 0.323 e. The van der Waals surface area contributed by atoms with Crippen molar-refractivity contribution in [3.63, 3.8) is 0 Å². The maximum atomic E-state index is 8.73. The average Bonchev–Trinajstić information content (AvgIpc) is 2.28. The predicted octanol–water partition coefficient (Wildman–Crippen LogP) is 1.34. The van der Waals surface area contributed by atoms with E-state index < -0.39 is 6.04 Å². The molecular formula is C11H8N4. The van der Waals surface area contributed by atoms with Gasteiger partial charge in [0.2, 0.25) is 0 Å². The summed E-state index contributed by atoms with van der Waals surface area (Å²) in [5, 5.41) is 25.9. The Bertz CT molecular complexity index is 453. The molecule has 1 aromatic carbocycles. The van der Waals surface area contributed by atoms with E-state index in [0.29, 0.717) is 16.7 Å². The zero-order chi connectivity index (χ0) is 11.3. The summed E-state index contributed by atoms with van der Waals surface area (Å²) in [5.41, 5.74) is 7.13. The Morgan fingerprint density at radius 3 is 2.00 bits per heavy atom. The molecule has 0 aliphatic rings. The van der Waals surface area contributed by atoms with Gasteiger partial charge in [-0.3, -0.25) is 0 Å². The first-order chi connectivity index (χ1) is 7.21. The van der Waals surface area contributed by atoms with E-state index in [2.05, 4.69) is 0 Å². The van der Waals surface area contributed by atoms with E-state index in [0.717, 1.165) is 0 Å². The first kappa shape index (κ1) is 10.7. The third-order valence-electron chi connectivity index (χ3n) is 1.95. The number of hydrogen-bond donors (Lipinski definition) is 1. The molecule has 2 N–H and O–H groups in total. The molecule has 0 spiro atoms. The highest BCUT2D eigenvalue weighted by atomic mass is 14.6. The van der Waals surface area contributed by atoms with Crippen LogP contribution in [0.2, 0.25) is 0 Å². The molecule has 4 heteroatoms. The highest BCUT2D eigenvalue weighted by Gasteiger charge is 2.08. The van der Waals surface area contributed by atoms with Crippen molar-refractivity contribution in [1.82, 2.24) is 0 Å². The van der Waals surface area contributed by atoms with Gasteiger partial charge in [-0.1, -0.05) is 0 Å². The molecular weight excluding hydrogens is 188 g/mol. The predicted molar refractivity (Wildman–Crippen MR) is 53.0 cm³/mol. The van der Waals surface area contributed by atoms with Crippen molar-refractivity contribution in [3.8, 4) is 18.2 Å². The molecule has 0 heterocycles. The van der Waals surface area contributed by atoms with Crippen molar-refractivity contribution < 1.29 is 0 Å². The summed E-state index contributed by atoms with van der Waals surface area (Å²) in [5.74, 6) is 0. The maximum Gasteiger partial charge on any atom is 0.0992 e. The molecule has 15 heavy (non-hydrogen) atoms. The summed E-state index contributed by atoms with van der Waals surface area (Å²) in [6.07, 6.45) is 0.166. The quantitative estimate of drug-likeness (QED) is 0.771. The Morgan fingerprint density at radius 2 is 1.60 bits per heavy atom. The second-order valence-electron chi connectivity index (χ2n) is 3.04. The van der Waals surface area contributed by atoms with E-state index in [4.69, 9.17) is 21.5 Å². The van der Waals surface area contributed by atoms with Gasteiger partial charge in [0.25, 0.3) is 0 Å². The van der Waals surface area contributed by atoms with Gasteiger partial charge in [0.15, 0.2) is 0 Å². The van der Waals surface area contributed by atoms with E-state index in [1.807, 2.05) is 18.2 Å². The molecule has 1 unspecified atom stereocenters. The van der Waals surface area contributed by atoms with Gasteiger partial charge in [-0.2, -0.15) is 15.8 Å². The lowest BCUT2D eigenvalue weighted by Crippen LogP contribution is -2.09. The molecule has 1 aromatic rings. The number of nitriles is 3. The molecule has 0 amide bonds. The summed E-state index contributed by atoms with van der Waals surface area (Å²) >= 11 is 0.